The summed E-state index contributed by atoms with van der Waals surface area (Å²) in [5, 5.41) is 0. The molecule has 0 saturated carbocycles. The lowest BCUT2D eigenvalue weighted by atomic mass is 10.3. The van der Waals surface area contributed by atoms with E-state index in [0.717, 1.165) is 11.0 Å². The van der Waals surface area contributed by atoms with Crippen molar-refractivity contribution in [2.45, 2.75) is 46.7 Å². The first kappa shape index (κ1) is 15.2. The Kier molecular flexibility index (Phi) is 4.11. The van der Waals surface area contributed by atoms with Gasteiger partial charge in [-0.1, -0.05) is 6.92 Å². The fourth-order valence-corrected chi connectivity index (χ4v) is 2.44. The molecule has 7 heteroatoms. The molecule has 114 valence electrons. The first-order valence-corrected chi connectivity index (χ1v) is 7.04. The van der Waals surface area contributed by atoms with Crippen LogP contribution in [-0.4, -0.2) is 24.5 Å². The van der Waals surface area contributed by atoms with Crippen LogP contribution in [0.5, 0.6) is 0 Å². The lowest BCUT2D eigenvalue weighted by molar-refractivity contribution is -0.117. The molecule has 0 N–H and O–H groups in total. The molecule has 0 bridgehead atoms. The molecule has 21 heavy (non-hydrogen) atoms. The minimum Gasteiger partial charge on any atom is -0.322 e. The Morgan fingerprint density at radius 1 is 1.19 bits per heavy atom. The highest BCUT2D eigenvalue weighted by molar-refractivity contribution is 5.75. The maximum atomic E-state index is 12.6. The van der Waals surface area contributed by atoms with Gasteiger partial charge in [-0.25, -0.2) is 9.78 Å². The Labute approximate surface area is 121 Å². The fourth-order valence-electron chi connectivity index (χ4n) is 2.44. The predicted molar refractivity (Wildman–Crippen MR) is 79.6 cm³/mol. The molecule has 0 aromatic carbocycles. The van der Waals surface area contributed by atoms with E-state index < -0.39 is 5.69 Å². The molecule has 0 amide bonds. The van der Waals surface area contributed by atoms with Crippen LogP contribution in [0.1, 0.15) is 32.5 Å². The smallest absolute Gasteiger partial charge is 0.322 e. The monoisotopic (exact) mass is 292 g/mol. The van der Waals surface area contributed by atoms with E-state index in [0.29, 0.717) is 23.5 Å². The van der Waals surface area contributed by atoms with Crippen molar-refractivity contribution < 1.29 is 4.79 Å². The molecular weight excluding hydrogens is 272 g/mol. The molecule has 0 saturated heterocycles. The molecule has 0 aliphatic heterocycles. The molecule has 2 aromatic rings. The summed E-state index contributed by atoms with van der Waals surface area (Å²) in [6.07, 6.45) is 1.03. The van der Waals surface area contributed by atoms with Gasteiger partial charge in [0.15, 0.2) is 11.2 Å². The van der Waals surface area contributed by atoms with E-state index in [1.54, 1.807) is 7.05 Å². The van der Waals surface area contributed by atoms with Crippen molar-refractivity contribution in [1.29, 1.82) is 0 Å². The van der Waals surface area contributed by atoms with E-state index in [1.165, 1.54) is 11.5 Å². The number of carbonyl (C=O) groups is 1. The molecule has 0 spiro atoms. The van der Waals surface area contributed by atoms with Crippen LogP contribution in [0.4, 0.5) is 0 Å². The number of hydrogen-bond donors (Lipinski definition) is 0. The van der Waals surface area contributed by atoms with Crippen molar-refractivity contribution in [2.24, 2.45) is 7.05 Å². The van der Waals surface area contributed by atoms with Crippen LogP contribution in [0.3, 0.4) is 0 Å². The van der Waals surface area contributed by atoms with E-state index in [1.807, 2.05) is 18.4 Å². The average Bonchev–Trinajstić information content (AvgIpc) is 2.74. The third-order valence-electron chi connectivity index (χ3n) is 3.56. The molecule has 2 rings (SSSR count). The van der Waals surface area contributed by atoms with Crippen molar-refractivity contribution in [3.05, 3.63) is 26.7 Å². The number of imidazole rings is 1. The van der Waals surface area contributed by atoms with Crippen molar-refractivity contribution in [3.8, 4) is 0 Å². The zero-order valence-electron chi connectivity index (χ0n) is 12.8. The van der Waals surface area contributed by atoms with Crippen molar-refractivity contribution in [1.82, 2.24) is 18.7 Å². The van der Waals surface area contributed by atoms with Gasteiger partial charge in [0.25, 0.3) is 5.56 Å². The topological polar surface area (TPSA) is 78.9 Å². The van der Waals surface area contributed by atoms with E-state index >= 15 is 0 Å². The number of nitrogens with zero attached hydrogens (tertiary/aromatic N) is 4. The normalized spacial score (nSPS) is 11.2. The summed E-state index contributed by atoms with van der Waals surface area (Å²) in [5.41, 5.74) is 0.0216. The molecule has 0 aliphatic carbocycles. The van der Waals surface area contributed by atoms with Crippen molar-refractivity contribution >= 4 is 16.9 Å². The third kappa shape index (κ3) is 2.55. The highest BCUT2D eigenvalue weighted by Crippen LogP contribution is 2.11. The lowest BCUT2D eigenvalue weighted by Gasteiger charge is -2.09. The number of hydrogen-bond acceptors (Lipinski definition) is 4. The summed E-state index contributed by atoms with van der Waals surface area (Å²) in [4.78, 5) is 40.3. The van der Waals surface area contributed by atoms with Crippen LogP contribution < -0.4 is 11.2 Å². The lowest BCUT2D eigenvalue weighted by Crippen LogP contribution is -2.40. The quantitative estimate of drug-likeness (QED) is 0.808. The van der Waals surface area contributed by atoms with Crippen molar-refractivity contribution in [3.63, 3.8) is 0 Å². The van der Waals surface area contributed by atoms with Gasteiger partial charge in [-0.2, -0.15) is 0 Å². The van der Waals surface area contributed by atoms with Gasteiger partial charge in [0, 0.05) is 26.6 Å². The van der Waals surface area contributed by atoms with Gasteiger partial charge in [-0.15, -0.1) is 0 Å². The zero-order chi connectivity index (χ0) is 15.7. The summed E-state index contributed by atoms with van der Waals surface area (Å²) >= 11 is 0. The Morgan fingerprint density at radius 3 is 2.43 bits per heavy atom. The standard InChI is InChI=1S/C14H20N4O3/c1-5-7-17-10(3)15-12-11(17)13(20)18(8-6-9(2)19)14(21)16(12)4/h5-8H2,1-4H3. The van der Waals surface area contributed by atoms with Crippen LogP contribution in [0, 0.1) is 6.92 Å². The first-order valence-electron chi connectivity index (χ1n) is 7.04. The molecule has 0 aliphatic rings. The maximum absolute atomic E-state index is 12.6. The summed E-state index contributed by atoms with van der Waals surface area (Å²) < 4.78 is 4.33. The van der Waals surface area contributed by atoms with Crippen molar-refractivity contribution in [2.75, 3.05) is 0 Å². The van der Waals surface area contributed by atoms with Gasteiger partial charge in [-0.05, 0) is 20.3 Å². The van der Waals surface area contributed by atoms with Gasteiger partial charge >= 0.3 is 5.69 Å². The number of rotatable bonds is 5. The van der Waals surface area contributed by atoms with E-state index in [-0.39, 0.29) is 24.3 Å². The number of aromatic nitrogens is 4. The highest BCUT2D eigenvalue weighted by atomic mass is 16.2. The second-order valence-electron chi connectivity index (χ2n) is 5.23. The first-order chi connectivity index (χ1) is 9.88. The summed E-state index contributed by atoms with van der Waals surface area (Å²) in [6.45, 7) is 6.05. The number of aryl methyl sites for hydroxylation is 3. The number of carbonyl (C=O) groups excluding carboxylic acids is 1. The van der Waals surface area contributed by atoms with E-state index in [4.69, 9.17) is 0 Å². The van der Waals surface area contributed by atoms with E-state index in [2.05, 4.69) is 4.98 Å². The van der Waals surface area contributed by atoms with Crippen LogP contribution >= 0.6 is 0 Å². The summed E-state index contributed by atoms with van der Waals surface area (Å²) in [7, 11) is 1.59. The van der Waals surface area contributed by atoms with Gasteiger partial charge in [0.2, 0.25) is 0 Å². The second kappa shape index (κ2) is 5.67. The molecule has 2 aromatic heterocycles. The van der Waals surface area contributed by atoms with Gasteiger partial charge in [0.1, 0.15) is 11.6 Å². The molecule has 0 radical (unpaired) electrons. The Morgan fingerprint density at radius 2 is 1.86 bits per heavy atom. The molecule has 0 unspecified atom stereocenters. The summed E-state index contributed by atoms with van der Waals surface area (Å²) in [5.74, 6) is 0.658. The fraction of sp³-hybridized carbons (Fsp3) is 0.571. The highest BCUT2D eigenvalue weighted by Gasteiger charge is 2.18. The largest absolute Gasteiger partial charge is 0.332 e. The molecule has 0 fully saturated rings. The molecule has 7 nitrogen and oxygen atoms in total. The minimum absolute atomic E-state index is 0.0534. The number of ketones is 1. The molecule has 2 heterocycles. The Hall–Kier alpha value is -2.18. The van der Waals surface area contributed by atoms with E-state index in [9.17, 15) is 14.4 Å². The Balaban J connectivity index is 2.77. The van der Waals surface area contributed by atoms with Crippen LogP contribution in [-0.2, 0) is 24.9 Å². The minimum atomic E-state index is -0.435. The zero-order valence-corrected chi connectivity index (χ0v) is 12.8. The maximum Gasteiger partial charge on any atom is 0.332 e. The van der Waals surface area contributed by atoms with Gasteiger partial charge in [-0.3, -0.25) is 18.7 Å². The second-order valence-corrected chi connectivity index (χ2v) is 5.23. The van der Waals surface area contributed by atoms with Gasteiger partial charge < -0.3 is 4.57 Å². The van der Waals surface area contributed by atoms with Crippen LogP contribution in [0.25, 0.3) is 11.2 Å². The SMILES string of the molecule is CCCn1c(C)nc2c1c(=O)n(CCC(C)=O)c(=O)n2C. The van der Waals surface area contributed by atoms with Crippen LogP contribution in [0.2, 0.25) is 0 Å². The average molecular weight is 292 g/mol. The summed E-state index contributed by atoms with van der Waals surface area (Å²) in [6, 6.07) is 0. The predicted octanol–water partition coefficient (Wildman–Crippen LogP) is 0.594. The van der Waals surface area contributed by atoms with Gasteiger partial charge in [0.05, 0.1) is 0 Å². The third-order valence-corrected chi connectivity index (χ3v) is 3.56. The Bertz CT molecular complexity index is 810. The number of Topliss-reactive ketones (excluding diaryl/α,β-unsaturated/α-hetero) is 1. The molecular formula is C14H20N4O3. The number of fused-ring (bicyclic) bond motifs is 1. The van der Waals surface area contributed by atoms with Crippen LogP contribution in [0.15, 0.2) is 9.59 Å². The molecule has 0 atom stereocenters.